The van der Waals surface area contributed by atoms with E-state index in [1.165, 1.54) is 0 Å². The Hall–Kier alpha value is -0.620. The number of halogens is 1. The van der Waals surface area contributed by atoms with Gasteiger partial charge in [0.25, 0.3) is 0 Å². The summed E-state index contributed by atoms with van der Waals surface area (Å²) in [5, 5.41) is 5.35. The van der Waals surface area contributed by atoms with Gasteiger partial charge in [-0.1, -0.05) is 22.9 Å². The fourth-order valence-corrected chi connectivity index (χ4v) is 1.14. The second kappa shape index (κ2) is 9.59. The molecule has 16 heavy (non-hydrogen) atoms. The molecule has 5 nitrogen and oxygen atoms in total. The van der Waals surface area contributed by atoms with Crippen molar-refractivity contribution in [2.75, 3.05) is 26.8 Å². The number of alkyl halides is 1. The van der Waals surface area contributed by atoms with Crippen molar-refractivity contribution in [3.05, 3.63) is 0 Å². The highest BCUT2D eigenvalue weighted by molar-refractivity contribution is 9.10. The molecule has 2 amide bonds. The first kappa shape index (κ1) is 15.4. The summed E-state index contributed by atoms with van der Waals surface area (Å²) in [4.78, 5) is 22.3. The van der Waals surface area contributed by atoms with Crippen LogP contribution < -0.4 is 10.6 Å². The van der Waals surface area contributed by atoms with Gasteiger partial charge in [-0.25, -0.2) is 0 Å². The zero-order chi connectivity index (χ0) is 12.4. The average molecular weight is 295 g/mol. The van der Waals surface area contributed by atoms with Gasteiger partial charge in [0, 0.05) is 26.6 Å². The molecule has 0 saturated heterocycles. The molecule has 6 heteroatoms. The lowest BCUT2D eigenvalue weighted by Gasteiger charge is -2.08. The van der Waals surface area contributed by atoms with E-state index in [0.29, 0.717) is 26.1 Å². The molecule has 2 N–H and O–H groups in total. The highest BCUT2D eigenvalue weighted by Crippen LogP contribution is 2.03. The van der Waals surface area contributed by atoms with Gasteiger partial charge < -0.3 is 15.4 Å². The van der Waals surface area contributed by atoms with Crippen LogP contribution in [0.25, 0.3) is 0 Å². The summed E-state index contributed by atoms with van der Waals surface area (Å²) in [7, 11) is 1.58. The van der Waals surface area contributed by atoms with Crippen molar-refractivity contribution >= 4 is 27.7 Å². The predicted octanol–water partition coefficient (Wildman–Crippen LogP) is 0.429. The third-order valence-corrected chi connectivity index (χ3v) is 2.99. The van der Waals surface area contributed by atoms with Gasteiger partial charge in [-0.05, 0) is 6.42 Å². The minimum absolute atomic E-state index is 0.0767. The molecule has 0 fully saturated rings. The Balaban J connectivity index is 3.50. The van der Waals surface area contributed by atoms with Crippen LogP contribution in [0.3, 0.4) is 0 Å². The molecule has 0 aliphatic rings. The van der Waals surface area contributed by atoms with Gasteiger partial charge in [0.2, 0.25) is 11.8 Å². The lowest BCUT2D eigenvalue weighted by atomic mass is 10.3. The highest BCUT2D eigenvalue weighted by atomic mass is 79.9. The Morgan fingerprint density at radius 3 is 2.56 bits per heavy atom. The SMILES string of the molecule is CCC(Br)C(=O)NCCC(=O)NCCOC. The van der Waals surface area contributed by atoms with Crippen LogP contribution in [-0.4, -0.2) is 43.4 Å². The van der Waals surface area contributed by atoms with Crippen LogP contribution >= 0.6 is 15.9 Å². The van der Waals surface area contributed by atoms with Gasteiger partial charge in [-0.15, -0.1) is 0 Å². The van der Waals surface area contributed by atoms with Crippen LogP contribution in [0.15, 0.2) is 0 Å². The van der Waals surface area contributed by atoms with E-state index in [4.69, 9.17) is 4.74 Å². The molecule has 0 rings (SSSR count). The maximum absolute atomic E-state index is 11.3. The highest BCUT2D eigenvalue weighted by Gasteiger charge is 2.11. The number of amides is 2. The van der Waals surface area contributed by atoms with Gasteiger partial charge in [-0.3, -0.25) is 9.59 Å². The van der Waals surface area contributed by atoms with Crippen LogP contribution in [0.4, 0.5) is 0 Å². The van der Waals surface area contributed by atoms with E-state index in [2.05, 4.69) is 26.6 Å². The van der Waals surface area contributed by atoms with Crippen LogP contribution in [0.5, 0.6) is 0 Å². The lowest BCUT2D eigenvalue weighted by molar-refractivity contribution is -0.122. The van der Waals surface area contributed by atoms with Crippen molar-refractivity contribution in [2.24, 2.45) is 0 Å². The first-order valence-electron chi connectivity index (χ1n) is 5.29. The Kier molecular flexibility index (Phi) is 9.22. The molecule has 0 aliphatic carbocycles. The number of hydrogen-bond acceptors (Lipinski definition) is 3. The molecular weight excluding hydrogens is 276 g/mol. The second-order valence-corrected chi connectivity index (χ2v) is 4.36. The molecule has 0 aromatic rings. The maximum Gasteiger partial charge on any atom is 0.233 e. The molecule has 0 saturated carbocycles. The Morgan fingerprint density at radius 1 is 1.31 bits per heavy atom. The van der Waals surface area contributed by atoms with E-state index in [1.807, 2.05) is 6.92 Å². The molecule has 0 aliphatic heterocycles. The van der Waals surface area contributed by atoms with Gasteiger partial charge >= 0.3 is 0 Å². The van der Waals surface area contributed by atoms with Crippen LogP contribution in [0, 0.1) is 0 Å². The molecule has 0 spiro atoms. The van der Waals surface area contributed by atoms with Crippen molar-refractivity contribution in [2.45, 2.75) is 24.6 Å². The zero-order valence-electron chi connectivity index (χ0n) is 9.72. The normalized spacial score (nSPS) is 11.9. The summed E-state index contributed by atoms with van der Waals surface area (Å²) in [5.74, 6) is -0.160. The fraction of sp³-hybridized carbons (Fsp3) is 0.800. The zero-order valence-corrected chi connectivity index (χ0v) is 11.3. The number of hydrogen-bond donors (Lipinski definition) is 2. The first-order valence-corrected chi connectivity index (χ1v) is 6.20. The number of carbonyl (C=O) groups is 2. The number of carbonyl (C=O) groups excluding carboxylic acids is 2. The van der Waals surface area contributed by atoms with Gasteiger partial charge in [0.1, 0.15) is 0 Å². The first-order chi connectivity index (χ1) is 7.61. The predicted molar refractivity (Wildman–Crippen MR) is 65.5 cm³/mol. The smallest absolute Gasteiger partial charge is 0.233 e. The van der Waals surface area contributed by atoms with Crippen molar-refractivity contribution < 1.29 is 14.3 Å². The van der Waals surface area contributed by atoms with Crippen molar-refractivity contribution in [3.8, 4) is 0 Å². The van der Waals surface area contributed by atoms with Crippen molar-refractivity contribution in [3.63, 3.8) is 0 Å². The van der Waals surface area contributed by atoms with E-state index < -0.39 is 0 Å². The Morgan fingerprint density at radius 2 is 2.00 bits per heavy atom. The molecular formula is C10H19BrN2O3. The van der Waals surface area contributed by atoms with Crippen LogP contribution in [-0.2, 0) is 14.3 Å². The van der Waals surface area contributed by atoms with Crippen LogP contribution in [0.2, 0.25) is 0 Å². The van der Waals surface area contributed by atoms with Gasteiger partial charge in [0.05, 0.1) is 11.4 Å². The van der Waals surface area contributed by atoms with Crippen molar-refractivity contribution in [1.82, 2.24) is 10.6 Å². The lowest BCUT2D eigenvalue weighted by Crippen LogP contribution is -2.35. The van der Waals surface area contributed by atoms with E-state index in [-0.39, 0.29) is 16.6 Å². The number of rotatable bonds is 8. The van der Waals surface area contributed by atoms with Crippen LogP contribution in [0.1, 0.15) is 19.8 Å². The molecule has 0 aromatic carbocycles. The molecule has 0 bridgehead atoms. The van der Waals surface area contributed by atoms with E-state index in [1.54, 1.807) is 7.11 Å². The molecule has 94 valence electrons. The molecule has 0 aromatic heterocycles. The minimum Gasteiger partial charge on any atom is -0.383 e. The monoisotopic (exact) mass is 294 g/mol. The summed E-state index contributed by atoms with van der Waals surface area (Å²) in [6.07, 6.45) is 1.02. The largest absolute Gasteiger partial charge is 0.383 e. The molecule has 0 heterocycles. The van der Waals surface area contributed by atoms with Crippen molar-refractivity contribution in [1.29, 1.82) is 0 Å². The Labute approximate surface area is 104 Å². The number of nitrogens with one attached hydrogen (secondary N) is 2. The summed E-state index contributed by atoms with van der Waals surface area (Å²) in [6, 6.07) is 0. The minimum atomic E-state index is -0.177. The standard InChI is InChI=1S/C10H19BrN2O3/c1-3-8(11)10(15)13-5-4-9(14)12-6-7-16-2/h8H,3-7H2,1-2H3,(H,12,14)(H,13,15). The summed E-state index contributed by atoms with van der Waals surface area (Å²) in [6.45, 7) is 3.27. The van der Waals surface area contributed by atoms with E-state index >= 15 is 0 Å². The Bertz CT molecular complexity index is 224. The maximum atomic E-state index is 11.3. The third kappa shape index (κ3) is 7.64. The number of methoxy groups -OCH3 is 1. The van der Waals surface area contributed by atoms with E-state index in [0.717, 1.165) is 6.42 Å². The quantitative estimate of drug-likeness (QED) is 0.504. The summed E-state index contributed by atoms with van der Waals surface area (Å²) < 4.78 is 4.79. The second-order valence-electron chi connectivity index (χ2n) is 3.26. The molecule has 1 atom stereocenters. The molecule has 0 radical (unpaired) electrons. The van der Waals surface area contributed by atoms with Gasteiger partial charge in [-0.2, -0.15) is 0 Å². The fourth-order valence-electron chi connectivity index (χ4n) is 0.976. The topological polar surface area (TPSA) is 67.4 Å². The van der Waals surface area contributed by atoms with E-state index in [9.17, 15) is 9.59 Å². The van der Waals surface area contributed by atoms with Gasteiger partial charge in [0.15, 0.2) is 0 Å². The summed E-state index contributed by atoms with van der Waals surface area (Å²) in [5.41, 5.74) is 0. The average Bonchev–Trinajstić information content (AvgIpc) is 2.28. The third-order valence-electron chi connectivity index (χ3n) is 1.92. The number of ether oxygens (including phenoxy) is 1. The molecule has 1 unspecified atom stereocenters. The summed E-state index contributed by atoms with van der Waals surface area (Å²) >= 11 is 3.23.